The first-order valence-electron chi connectivity index (χ1n) is 9.17. The van der Waals surface area contributed by atoms with E-state index in [1.165, 1.54) is 6.20 Å². The second-order valence-electron chi connectivity index (χ2n) is 6.65. The lowest BCUT2D eigenvalue weighted by Crippen LogP contribution is -2.06. The molecule has 0 saturated heterocycles. The molecule has 142 valence electrons. The third-order valence-corrected chi connectivity index (χ3v) is 4.45. The summed E-state index contributed by atoms with van der Waals surface area (Å²) in [5.74, 6) is 1.88. The SMILES string of the molecule is N#Cc1ncc(Nc2cc3cccc(NCCO)c3cn2)nc1OCC1CC1. The van der Waals surface area contributed by atoms with Gasteiger partial charge in [-0.3, -0.25) is 0 Å². The molecule has 1 aliphatic carbocycles. The van der Waals surface area contributed by atoms with Crippen molar-refractivity contribution in [2.24, 2.45) is 5.92 Å². The van der Waals surface area contributed by atoms with Gasteiger partial charge < -0.3 is 20.5 Å². The van der Waals surface area contributed by atoms with Crippen molar-refractivity contribution >= 4 is 28.1 Å². The maximum absolute atomic E-state index is 9.20. The van der Waals surface area contributed by atoms with Crippen LogP contribution in [0.15, 0.2) is 36.7 Å². The minimum Gasteiger partial charge on any atom is -0.475 e. The zero-order chi connectivity index (χ0) is 19.3. The molecule has 8 nitrogen and oxygen atoms in total. The van der Waals surface area contributed by atoms with Crippen molar-refractivity contribution < 1.29 is 9.84 Å². The van der Waals surface area contributed by atoms with Crippen LogP contribution in [0.5, 0.6) is 5.88 Å². The molecular weight excluding hydrogens is 356 g/mol. The van der Waals surface area contributed by atoms with E-state index in [0.717, 1.165) is 29.3 Å². The van der Waals surface area contributed by atoms with Crippen LogP contribution in [0.3, 0.4) is 0 Å². The Hall–Kier alpha value is -3.44. The number of aliphatic hydroxyl groups is 1. The maximum atomic E-state index is 9.20. The van der Waals surface area contributed by atoms with Crippen molar-refractivity contribution in [1.82, 2.24) is 15.0 Å². The molecular formula is C20H20N6O2. The molecule has 4 rings (SSSR count). The Labute approximate surface area is 162 Å². The van der Waals surface area contributed by atoms with E-state index in [1.807, 2.05) is 30.3 Å². The van der Waals surface area contributed by atoms with Gasteiger partial charge in [0.25, 0.3) is 5.88 Å². The fourth-order valence-electron chi connectivity index (χ4n) is 2.81. The summed E-state index contributed by atoms with van der Waals surface area (Å²) in [6.45, 7) is 1.10. The number of nitrogens with one attached hydrogen (secondary N) is 2. The summed E-state index contributed by atoms with van der Waals surface area (Å²) in [6, 6.07) is 9.79. The van der Waals surface area contributed by atoms with Gasteiger partial charge in [-0.1, -0.05) is 12.1 Å². The first-order chi connectivity index (χ1) is 13.8. The molecule has 1 aliphatic rings. The molecule has 3 N–H and O–H groups in total. The number of nitriles is 1. The fourth-order valence-corrected chi connectivity index (χ4v) is 2.81. The molecule has 0 atom stereocenters. The van der Waals surface area contributed by atoms with Gasteiger partial charge in [-0.15, -0.1) is 0 Å². The Morgan fingerprint density at radius 2 is 2.11 bits per heavy atom. The van der Waals surface area contributed by atoms with Gasteiger partial charge >= 0.3 is 0 Å². The van der Waals surface area contributed by atoms with Crippen LogP contribution in [0, 0.1) is 17.2 Å². The van der Waals surface area contributed by atoms with E-state index >= 15 is 0 Å². The minimum atomic E-state index is 0.0615. The number of nitrogens with zero attached hydrogens (tertiary/aromatic N) is 4. The van der Waals surface area contributed by atoms with Crippen molar-refractivity contribution in [2.75, 3.05) is 30.4 Å². The smallest absolute Gasteiger partial charge is 0.253 e. The predicted molar refractivity (Wildman–Crippen MR) is 106 cm³/mol. The van der Waals surface area contributed by atoms with Crippen LogP contribution >= 0.6 is 0 Å². The number of fused-ring (bicyclic) bond motifs is 1. The van der Waals surface area contributed by atoms with Crippen LogP contribution < -0.4 is 15.4 Å². The molecule has 0 spiro atoms. The number of aromatic nitrogens is 3. The average molecular weight is 376 g/mol. The highest BCUT2D eigenvalue weighted by molar-refractivity contribution is 5.94. The van der Waals surface area contributed by atoms with E-state index in [4.69, 9.17) is 9.84 Å². The first kappa shape index (κ1) is 17.9. The summed E-state index contributed by atoms with van der Waals surface area (Å²) in [6.07, 6.45) is 5.57. The number of anilines is 3. The van der Waals surface area contributed by atoms with Gasteiger partial charge in [0.2, 0.25) is 5.69 Å². The van der Waals surface area contributed by atoms with E-state index in [-0.39, 0.29) is 18.2 Å². The van der Waals surface area contributed by atoms with Crippen LogP contribution in [-0.4, -0.2) is 39.8 Å². The van der Waals surface area contributed by atoms with Crippen molar-refractivity contribution in [1.29, 1.82) is 5.26 Å². The Kier molecular flexibility index (Phi) is 5.17. The largest absolute Gasteiger partial charge is 0.475 e. The second kappa shape index (κ2) is 8.06. The Morgan fingerprint density at radius 1 is 1.21 bits per heavy atom. The minimum absolute atomic E-state index is 0.0615. The van der Waals surface area contributed by atoms with E-state index in [9.17, 15) is 5.26 Å². The Balaban J connectivity index is 1.55. The van der Waals surface area contributed by atoms with E-state index in [0.29, 0.717) is 30.7 Å². The number of hydrogen-bond donors (Lipinski definition) is 3. The number of rotatable bonds is 8. The average Bonchev–Trinajstić information content (AvgIpc) is 3.55. The van der Waals surface area contributed by atoms with E-state index in [2.05, 4.69) is 25.6 Å². The van der Waals surface area contributed by atoms with Gasteiger partial charge in [-0.25, -0.2) is 9.97 Å². The summed E-state index contributed by atoms with van der Waals surface area (Å²) in [5, 5.41) is 26.5. The highest BCUT2D eigenvalue weighted by Crippen LogP contribution is 2.30. The molecule has 1 fully saturated rings. The summed E-state index contributed by atoms with van der Waals surface area (Å²) in [7, 11) is 0. The molecule has 2 aromatic heterocycles. The normalized spacial score (nSPS) is 13.1. The second-order valence-corrected chi connectivity index (χ2v) is 6.65. The fraction of sp³-hybridized carbons (Fsp3) is 0.300. The van der Waals surface area contributed by atoms with Gasteiger partial charge in [-0.2, -0.15) is 10.2 Å². The topological polar surface area (TPSA) is 116 Å². The summed E-state index contributed by atoms with van der Waals surface area (Å²) < 4.78 is 5.67. The molecule has 0 aliphatic heterocycles. The number of hydrogen-bond acceptors (Lipinski definition) is 8. The van der Waals surface area contributed by atoms with Crippen LogP contribution in [0.4, 0.5) is 17.3 Å². The van der Waals surface area contributed by atoms with Crippen LogP contribution in [0.1, 0.15) is 18.5 Å². The molecule has 0 unspecified atom stereocenters. The number of pyridine rings is 1. The van der Waals surface area contributed by atoms with Crippen molar-refractivity contribution in [3.63, 3.8) is 0 Å². The van der Waals surface area contributed by atoms with Crippen LogP contribution in [0.25, 0.3) is 10.8 Å². The first-order valence-corrected chi connectivity index (χ1v) is 9.17. The van der Waals surface area contributed by atoms with Crippen LogP contribution in [0.2, 0.25) is 0 Å². The van der Waals surface area contributed by atoms with Crippen molar-refractivity contribution in [2.45, 2.75) is 12.8 Å². The number of ether oxygens (including phenoxy) is 1. The zero-order valence-electron chi connectivity index (χ0n) is 15.2. The van der Waals surface area contributed by atoms with Crippen molar-refractivity contribution in [3.8, 4) is 11.9 Å². The summed E-state index contributed by atoms with van der Waals surface area (Å²) in [5.41, 5.74) is 1.09. The highest BCUT2D eigenvalue weighted by atomic mass is 16.5. The lowest BCUT2D eigenvalue weighted by atomic mass is 10.1. The molecule has 2 heterocycles. The lowest BCUT2D eigenvalue weighted by Gasteiger charge is -2.11. The molecule has 0 bridgehead atoms. The number of aliphatic hydroxyl groups excluding tert-OH is 1. The van der Waals surface area contributed by atoms with Gasteiger partial charge in [0, 0.05) is 23.8 Å². The molecule has 28 heavy (non-hydrogen) atoms. The van der Waals surface area contributed by atoms with Gasteiger partial charge in [-0.05, 0) is 36.3 Å². The van der Waals surface area contributed by atoms with Crippen LogP contribution in [-0.2, 0) is 0 Å². The standard InChI is InChI=1S/C20H20N6O2/c21-9-17-20(28-12-13-4-5-13)26-19(11-23-17)25-18-8-14-2-1-3-16(22-6-7-27)15(14)10-24-18/h1-3,8,10-11,13,22,27H,4-7,12H2,(H,24,25,26). The van der Waals surface area contributed by atoms with Gasteiger partial charge in [0.15, 0.2) is 5.82 Å². The lowest BCUT2D eigenvalue weighted by molar-refractivity contribution is 0.286. The summed E-state index contributed by atoms with van der Waals surface area (Å²) >= 11 is 0. The van der Waals surface area contributed by atoms with Crippen molar-refractivity contribution in [3.05, 3.63) is 42.4 Å². The van der Waals surface area contributed by atoms with E-state index < -0.39 is 0 Å². The van der Waals surface area contributed by atoms with Gasteiger partial charge in [0.1, 0.15) is 11.9 Å². The Bertz CT molecular complexity index is 1030. The monoisotopic (exact) mass is 376 g/mol. The predicted octanol–water partition coefficient (Wildman–Crippen LogP) is 2.83. The molecule has 1 saturated carbocycles. The molecule has 8 heteroatoms. The summed E-state index contributed by atoms with van der Waals surface area (Å²) in [4.78, 5) is 12.9. The Morgan fingerprint density at radius 3 is 2.89 bits per heavy atom. The van der Waals surface area contributed by atoms with Gasteiger partial charge in [0.05, 0.1) is 19.4 Å². The number of benzene rings is 1. The van der Waals surface area contributed by atoms with E-state index in [1.54, 1.807) is 6.20 Å². The third-order valence-electron chi connectivity index (χ3n) is 4.45. The third kappa shape index (κ3) is 4.10. The molecule has 0 amide bonds. The maximum Gasteiger partial charge on any atom is 0.253 e. The zero-order valence-corrected chi connectivity index (χ0v) is 15.2. The molecule has 1 aromatic carbocycles. The highest BCUT2D eigenvalue weighted by Gasteiger charge is 2.23. The quantitative estimate of drug-likeness (QED) is 0.550. The molecule has 0 radical (unpaired) electrons. The molecule has 3 aromatic rings.